The Morgan fingerprint density at radius 3 is 2.73 bits per heavy atom. The van der Waals surface area contributed by atoms with Crippen molar-refractivity contribution in [3.05, 3.63) is 71.9 Å². The summed E-state index contributed by atoms with van der Waals surface area (Å²) in [6.07, 6.45) is 4.55. The van der Waals surface area contributed by atoms with Crippen LogP contribution in [0.2, 0.25) is 0 Å². The molecule has 1 fully saturated rings. The van der Waals surface area contributed by atoms with Gasteiger partial charge in [-0.3, -0.25) is 0 Å². The number of rotatable bonds is 5. The number of likely N-dealkylation sites (tertiary alicyclic amines) is 1. The first-order chi connectivity index (χ1) is 12.3. The standard InChI is InChI=1S/C22H23N3.ClH/c23-15-19-6-7-21-10-13-25(22(21)14-19)17-20-9-12-24(16-20)11-8-18-4-2-1-3-5-18;/h1-7,10,13-14,20H,8-9,11-12,16-17H2;1H. The van der Waals surface area contributed by atoms with Gasteiger partial charge in [-0.1, -0.05) is 36.4 Å². The van der Waals surface area contributed by atoms with E-state index in [0.29, 0.717) is 5.92 Å². The van der Waals surface area contributed by atoms with E-state index >= 15 is 0 Å². The van der Waals surface area contributed by atoms with E-state index in [1.807, 2.05) is 18.2 Å². The normalized spacial score (nSPS) is 17.1. The molecule has 1 aromatic heterocycles. The minimum Gasteiger partial charge on any atom is -0.347 e. The summed E-state index contributed by atoms with van der Waals surface area (Å²) in [5, 5.41) is 10.4. The molecule has 1 saturated heterocycles. The average molecular weight is 366 g/mol. The zero-order valence-corrected chi connectivity index (χ0v) is 15.7. The predicted octanol–water partition coefficient (Wildman–Crippen LogP) is 4.50. The summed E-state index contributed by atoms with van der Waals surface area (Å²) in [5.74, 6) is 0.692. The van der Waals surface area contributed by atoms with Crippen LogP contribution in [0.25, 0.3) is 10.9 Å². The van der Waals surface area contributed by atoms with Gasteiger partial charge in [-0.2, -0.15) is 5.26 Å². The Hall–Kier alpha value is -2.28. The van der Waals surface area contributed by atoms with E-state index < -0.39 is 0 Å². The fourth-order valence-corrected chi connectivity index (χ4v) is 3.89. The quantitative estimate of drug-likeness (QED) is 0.666. The fraction of sp³-hybridized carbons (Fsp3) is 0.318. The molecule has 3 nitrogen and oxygen atoms in total. The number of hydrogen-bond donors (Lipinski definition) is 0. The molecule has 1 atom stereocenters. The van der Waals surface area contributed by atoms with Gasteiger partial charge in [0.15, 0.2) is 0 Å². The molecule has 1 unspecified atom stereocenters. The van der Waals surface area contributed by atoms with Crippen molar-refractivity contribution in [3.8, 4) is 6.07 Å². The van der Waals surface area contributed by atoms with Crippen molar-refractivity contribution < 1.29 is 0 Å². The summed E-state index contributed by atoms with van der Waals surface area (Å²) in [4.78, 5) is 2.59. The molecular weight excluding hydrogens is 342 g/mol. The Morgan fingerprint density at radius 1 is 1.08 bits per heavy atom. The summed E-state index contributed by atoms with van der Waals surface area (Å²) < 4.78 is 2.32. The Kier molecular flexibility index (Phi) is 5.98. The van der Waals surface area contributed by atoms with Gasteiger partial charge in [-0.25, -0.2) is 0 Å². The van der Waals surface area contributed by atoms with Gasteiger partial charge in [-0.05, 0) is 54.5 Å². The first-order valence-corrected chi connectivity index (χ1v) is 9.07. The Balaban J connectivity index is 0.00000196. The number of halogens is 1. The molecule has 134 valence electrons. The predicted molar refractivity (Wildman–Crippen MR) is 109 cm³/mol. The third-order valence-corrected chi connectivity index (χ3v) is 5.29. The number of nitrogens with zero attached hydrogens (tertiary/aromatic N) is 3. The second kappa shape index (κ2) is 8.40. The van der Waals surface area contributed by atoms with Crippen LogP contribution in [0.15, 0.2) is 60.8 Å². The minimum absolute atomic E-state index is 0. The molecular formula is C22H24ClN3. The Morgan fingerprint density at radius 2 is 1.92 bits per heavy atom. The van der Waals surface area contributed by atoms with E-state index in [1.165, 1.54) is 36.0 Å². The van der Waals surface area contributed by atoms with E-state index in [0.717, 1.165) is 25.1 Å². The van der Waals surface area contributed by atoms with Gasteiger partial charge in [0.2, 0.25) is 0 Å². The summed E-state index contributed by atoms with van der Waals surface area (Å²) in [7, 11) is 0. The van der Waals surface area contributed by atoms with E-state index in [2.05, 4.69) is 58.1 Å². The van der Waals surface area contributed by atoms with Crippen LogP contribution in [0.4, 0.5) is 0 Å². The van der Waals surface area contributed by atoms with Gasteiger partial charge in [0, 0.05) is 31.3 Å². The molecule has 0 bridgehead atoms. The second-order valence-electron chi connectivity index (χ2n) is 7.04. The lowest BCUT2D eigenvalue weighted by Gasteiger charge is -2.16. The molecule has 0 spiro atoms. The zero-order chi connectivity index (χ0) is 17.1. The van der Waals surface area contributed by atoms with Crippen LogP contribution in [0, 0.1) is 17.2 Å². The van der Waals surface area contributed by atoms with Crippen molar-refractivity contribution in [3.63, 3.8) is 0 Å². The molecule has 1 aliphatic heterocycles. The first-order valence-electron chi connectivity index (χ1n) is 9.07. The molecule has 2 heterocycles. The maximum atomic E-state index is 9.13. The number of aromatic nitrogens is 1. The highest BCUT2D eigenvalue weighted by atomic mass is 35.5. The number of fused-ring (bicyclic) bond motifs is 1. The largest absolute Gasteiger partial charge is 0.347 e. The van der Waals surface area contributed by atoms with E-state index in [1.54, 1.807) is 0 Å². The lowest BCUT2D eigenvalue weighted by Crippen LogP contribution is -2.24. The molecule has 4 heteroatoms. The van der Waals surface area contributed by atoms with Gasteiger partial charge in [0.1, 0.15) is 0 Å². The molecule has 0 amide bonds. The monoisotopic (exact) mass is 365 g/mol. The smallest absolute Gasteiger partial charge is 0.0992 e. The lowest BCUT2D eigenvalue weighted by atomic mass is 10.1. The molecule has 0 saturated carbocycles. The highest BCUT2D eigenvalue weighted by Crippen LogP contribution is 2.23. The van der Waals surface area contributed by atoms with Crippen LogP contribution >= 0.6 is 12.4 Å². The molecule has 4 rings (SSSR count). The summed E-state index contributed by atoms with van der Waals surface area (Å²) in [6.45, 7) is 4.55. The second-order valence-corrected chi connectivity index (χ2v) is 7.04. The topological polar surface area (TPSA) is 32.0 Å². The maximum Gasteiger partial charge on any atom is 0.0992 e. The van der Waals surface area contributed by atoms with Gasteiger partial charge < -0.3 is 9.47 Å². The fourth-order valence-electron chi connectivity index (χ4n) is 3.89. The van der Waals surface area contributed by atoms with Crippen LogP contribution in [-0.4, -0.2) is 29.1 Å². The zero-order valence-electron chi connectivity index (χ0n) is 14.8. The van der Waals surface area contributed by atoms with Crippen molar-refractivity contribution in [1.29, 1.82) is 5.26 Å². The summed E-state index contributed by atoms with van der Waals surface area (Å²) in [5.41, 5.74) is 3.34. The van der Waals surface area contributed by atoms with Gasteiger partial charge in [0.05, 0.1) is 11.6 Å². The van der Waals surface area contributed by atoms with Gasteiger partial charge in [-0.15, -0.1) is 12.4 Å². The molecule has 26 heavy (non-hydrogen) atoms. The highest BCUT2D eigenvalue weighted by Gasteiger charge is 2.22. The number of hydrogen-bond acceptors (Lipinski definition) is 2. The molecule has 3 aromatic rings. The van der Waals surface area contributed by atoms with Crippen molar-refractivity contribution >= 4 is 23.3 Å². The highest BCUT2D eigenvalue weighted by molar-refractivity contribution is 5.85. The number of benzene rings is 2. The van der Waals surface area contributed by atoms with Crippen LogP contribution in [0.5, 0.6) is 0 Å². The molecule has 0 aliphatic carbocycles. The number of nitriles is 1. The Bertz CT molecular complexity index is 895. The SMILES string of the molecule is Cl.N#Cc1ccc2ccn(CC3CCN(CCc4ccccc4)C3)c2c1. The van der Waals surface area contributed by atoms with Crippen LogP contribution in [0.1, 0.15) is 17.5 Å². The third-order valence-electron chi connectivity index (χ3n) is 5.29. The van der Waals surface area contributed by atoms with Crippen LogP contribution in [0.3, 0.4) is 0 Å². The Labute approximate surface area is 161 Å². The molecule has 0 N–H and O–H groups in total. The van der Waals surface area contributed by atoms with Gasteiger partial charge >= 0.3 is 0 Å². The summed E-state index contributed by atoms with van der Waals surface area (Å²) >= 11 is 0. The maximum absolute atomic E-state index is 9.13. The van der Waals surface area contributed by atoms with Crippen molar-refractivity contribution in [2.45, 2.75) is 19.4 Å². The molecule has 2 aromatic carbocycles. The van der Waals surface area contributed by atoms with Crippen LogP contribution < -0.4 is 0 Å². The summed E-state index contributed by atoms with van der Waals surface area (Å²) in [6, 6.07) is 21.1. The van der Waals surface area contributed by atoms with Crippen molar-refractivity contribution in [2.75, 3.05) is 19.6 Å². The van der Waals surface area contributed by atoms with E-state index in [9.17, 15) is 0 Å². The van der Waals surface area contributed by atoms with Gasteiger partial charge in [0.25, 0.3) is 0 Å². The third kappa shape index (κ3) is 4.09. The minimum atomic E-state index is 0. The molecule has 0 radical (unpaired) electrons. The van der Waals surface area contributed by atoms with Crippen LogP contribution in [-0.2, 0) is 13.0 Å². The average Bonchev–Trinajstić information content (AvgIpc) is 3.28. The first kappa shape index (κ1) is 18.5. The lowest BCUT2D eigenvalue weighted by molar-refractivity contribution is 0.321. The molecule has 1 aliphatic rings. The van der Waals surface area contributed by atoms with E-state index in [4.69, 9.17) is 5.26 Å². The van der Waals surface area contributed by atoms with Crippen molar-refractivity contribution in [1.82, 2.24) is 9.47 Å². The van der Waals surface area contributed by atoms with Crippen molar-refractivity contribution in [2.24, 2.45) is 5.92 Å². The van der Waals surface area contributed by atoms with E-state index in [-0.39, 0.29) is 12.4 Å².